The quantitative estimate of drug-likeness (QED) is 0.576. The first-order valence-electron chi connectivity index (χ1n) is 11.9. The minimum Gasteiger partial charge on any atom is -0.406 e. The van der Waals surface area contributed by atoms with Crippen molar-refractivity contribution >= 4 is 21.9 Å². The van der Waals surface area contributed by atoms with Crippen LogP contribution in [0, 0.1) is 5.92 Å². The van der Waals surface area contributed by atoms with Crippen molar-refractivity contribution in [2.24, 2.45) is 11.7 Å². The third kappa shape index (κ3) is 5.83. The van der Waals surface area contributed by atoms with Crippen molar-refractivity contribution in [3.63, 3.8) is 0 Å². The summed E-state index contributed by atoms with van der Waals surface area (Å²) >= 11 is 0. The van der Waals surface area contributed by atoms with Gasteiger partial charge in [-0.2, -0.15) is 12.7 Å². The number of halogens is 3. The predicted molar refractivity (Wildman–Crippen MR) is 132 cm³/mol. The Morgan fingerprint density at radius 2 is 1.92 bits per heavy atom. The van der Waals surface area contributed by atoms with E-state index in [1.807, 2.05) is 18.7 Å². The van der Waals surface area contributed by atoms with Gasteiger partial charge in [0.2, 0.25) is 0 Å². The maximum Gasteiger partial charge on any atom is 0.573 e. The highest BCUT2D eigenvalue weighted by molar-refractivity contribution is 7.87. The van der Waals surface area contributed by atoms with Crippen molar-refractivity contribution in [1.82, 2.24) is 14.0 Å². The van der Waals surface area contributed by atoms with Crippen LogP contribution in [0.15, 0.2) is 36.4 Å². The maximum absolute atomic E-state index is 13.3. The summed E-state index contributed by atoms with van der Waals surface area (Å²) in [7, 11) is -4.12. The van der Waals surface area contributed by atoms with Gasteiger partial charge in [-0.25, -0.2) is 9.71 Å². The molecule has 2 saturated heterocycles. The van der Waals surface area contributed by atoms with Crippen molar-refractivity contribution in [3.8, 4) is 17.0 Å². The van der Waals surface area contributed by atoms with Crippen LogP contribution in [0.25, 0.3) is 11.3 Å². The second-order valence-electron chi connectivity index (χ2n) is 9.98. The van der Waals surface area contributed by atoms with Crippen molar-refractivity contribution in [2.45, 2.75) is 51.6 Å². The highest BCUT2D eigenvalue weighted by Gasteiger charge is 2.41. The molecule has 0 bridgehead atoms. The summed E-state index contributed by atoms with van der Waals surface area (Å²) in [6.07, 6.45) is -3.54. The Bertz CT molecular complexity index is 1290. The molecule has 3 heterocycles. The number of anilines is 1. The minimum absolute atomic E-state index is 0.0423. The van der Waals surface area contributed by atoms with E-state index in [2.05, 4.69) is 21.4 Å². The number of carbonyl (C=O) groups excluding carboxylic acids is 1. The number of nitrogens with zero attached hydrogens (tertiary/aromatic N) is 3. The van der Waals surface area contributed by atoms with Crippen LogP contribution in [0.2, 0.25) is 0 Å². The van der Waals surface area contributed by atoms with Crippen molar-refractivity contribution in [3.05, 3.63) is 42.0 Å². The lowest BCUT2D eigenvalue weighted by atomic mass is 9.90. The van der Waals surface area contributed by atoms with Crippen LogP contribution in [-0.4, -0.2) is 61.2 Å². The molecule has 4 rings (SSSR count). The number of rotatable bonds is 6. The minimum atomic E-state index is -4.85. The summed E-state index contributed by atoms with van der Waals surface area (Å²) in [5.74, 6) is -0.758. The number of amides is 1. The van der Waals surface area contributed by atoms with Crippen molar-refractivity contribution in [2.75, 3.05) is 24.5 Å². The molecular weight excluding hydrogens is 511 g/mol. The first kappa shape index (κ1) is 27.1. The van der Waals surface area contributed by atoms with E-state index in [4.69, 9.17) is 5.73 Å². The van der Waals surface area contributed by atoms with E-state index in [1.165, 1.54) is 30.3 Å². The number of hydrogen-bond acceptors (Lipinski definition) is 7. The molecule has 1 aromatic heterocycles. The molecule has 0 radical (unpaired) electrons. The Kier molecular flexibility index (Phi) is 7.16. The molecule has 13 heteroatoms. The fraction of sp³-hybridized carbons (Fsp3) is 0.500. The number of nitrogens with two attached hydrogens (primary N) is 1. The number of benzene rings is 1. The molecule has 2 atom stereocenters. The Morgan fingerprint density at radius 1 is 1.19 bits per heavy atom. The first-order valence-corrected chi connectivity index (χ1v) is 13.3. The van der Waals surface area contributed by atoms with E-state index < -0.39 is 33.8 Å². The second kappa shape index (κ2) is 9.76. The fourth-order valence-electron chi connectivity index (χ4n) is 4.66. The number of carbonyl (C=O) groups is 1. The molecule has 1 amide bonds. The first-order chi connectivity index (χ1) is 17.2. The molecule has 2 aliphatic heterocycles. The summed E-state index contributed by atoms with van der Waals surface area (Å²) in [4.78, 5) is 19.9. The fourth-order valence-corrected chi connectivity index (χ4v) is 5.87. The SMILES string of the molecule is CC1CCN(c2nc(-c3cccc(OC(F)(F)F)c3)ccc2C(=O)NS(=O)(=O)N2CC[C@H](N)C2)C1(C)C. The van der Waals surface area contributed by atoms with E-state index in [1.54, 1.807) is 6.07 Å². The largest absolute Gasteiger partial charge is 0.573 e. The van der Waals surface area contributed by atoms with Crippen LogP contribution in [0.5, 0.6) is 5.75 Å². The zero-order valence-corrected chi connectivity index (χ0v) is 21.6. The topological polar surface area (TPSA) is 118 Å². The molecule has 2 aliphatic rings. The Balaban J connectivity index is 1.72. The second-order valence-corrected chi connectivity index (χ2v) is 11.7. The average Bonchev–Trinajstić information content (AvgIpc) is 3.35. The summed E-state index contributed by atoms with van der Waals surface area (Å²) in [6.45, 7) is 6.96. The van der Waals surface area contributed by atoms with Gasteiger partial charge in [-0.1, -0.05) is 19.1 Å². The monoisotopic (exact) mass is 541 g/mol. The highest BCUT2D eigenvalue weighted by atomic mass is 32.2. The third-order valence-electron chi connectivity index (χ3n) is 7.18. The van der Waals surface area contributed by atoms with Crippen molar-refractivity contribution in [1.29, 1.82) is 0 Å². The lowest BCUT2D eigenvalue weighted by Crippen LogP contribution is -2.45. The summed E-state index contributed by atoms with van der Waals surface area (Å²) in [5.41, 5.74) is 6.11. The molecule has 2 aromatic rings. The third-order valence-corrected chi connectivity index (χ3v) is 8.63. The van der Waals surface area contributed by atoms with E-state index in [0.29, 0.717) is 24.2 Å². The summed E-state index contributed by atoms with van der Waals surface area (Å²) in [5, 5.41) is 0. The van der Waals surface area contributed by atoms with E-state index in [9.17, 15) is 26.4 Å². The Hall–Kier alpha value is -2.90. The van der Waals surface area contributed by atoms with Gasteiger partial charge in [0.1, 0.15) is 11.6 Å². The number of ether oxygens (including phenoxy) is 1. The molecule has 9 nitrogen and oxygen atoms in total. The van der Waals surface area contributed by atoms with Crippen LogP contribution in [-0.2, 0) is 10.2 Å². The number of hydrogen-bond donors (Lipinski definition) is 2. The molecule has 2 fully saturated rings. The number of nitrogens with one attached hydrogen (secondary N) is 1. The number of alkyl halides is 3. The molecular formula is C24H30F3N5O4S. The maximum atomic E-state index is 13.3. The van der Waals surface area contributed by atoms with Crippen molar-refractivity contribution < 1.29 is 31.1 Å². The molecule has 0 spiro atoms. The van der Waals surface area contributed by atoms with E-state index in [0.717, 1.165) is 10.7 Å². The van der Waals surface area contributed by atoms with Gasteiger partial charge in [0.25, 0.3) is 5.91 Å². The van der Waals surface area contributed by atoms with Gasteiger partial charge in [-0.15, -0.1) is 13.2 Å². The number of aromatic nitrogens is 1. The molecule has 1 aromatic carbocycles. The smallest absolute Gasteiger partial charge is 0.406 e. The van der Waals surface area contributed by atoms with E-state index in [-0.39, 0.29) is 36.4 Å². The lowest BCUT2D eigenvalue weighted by molar-refractivity contribution is -0.274. The zero-order valence-electron chi connectivity index (χ0n) is 20.7. The standard InChI is InChI=1S/C24H30F3N5O4S/c1-15-9-12-32(23(15,2)3)21-19(22(33)30-37(34,35)31-11-10-17(28)14-31)7-8-20(29-21)16-5-4-6-18(13-16)36-24(25,26)27/h4-8,13,15,17H,9-12,14,28H2,1-3H3,(H,30,33)/t15?,17-/m0/s1. The molecule has 1 unspecified atom stereocenters. The van der Waals surface area contributed by atoms with Gasteiger partial charge < -0.3 is 15.4 Å². The summed E-state index contributed by atoms with van der Waals surface area (Å²) in [6, 6.07) is 7.98. The lowest BCUT2D eigenvalue weighted by Gasteiger charge is -2.36. The van der Waals surface area contributed by atoms with Gasteiger partial charge in [0, 0.05) is 36.8 Å². The zero-order chi connectivity index (χ0) is 27.2. The molecule has 3 N–H and O–H groups in total. The van der Waals surface area contributed by atoms with Gasteiger partial charge in [0.05, 0.1) is 11.3 Å². The summed E-state index contributed by atoms with van der Waals surface area (Å²) < 4.78 is 71.1. The van der Waals surface area contributed by atoms with Crippen LogP contribution in [0.1, 0.15) is 44.0 Å². The average molecular weight is 542 g/mol. The van der Waals surface area contributed by atoms with Crippen LogP contribution in [0.4, 0.5) is 19.0 Å². The highest BCUT2D eigenvalue weighted by Crippen LogP contribution is 2.39. The molecule has 0 saturated carbocycles. The Morgan fingerprint density at radius 3 is 2.51 bits per heavy atom. The van der Waals surface area contributed by atoms with Gasteiger partial charge in [-0.3, -0.25) is 4.79 Å². The van der Waals surface area contributed by atoms with Crippen LogP contribution in [0.3, 0.4) is 0 Å². The van der Waals surface area contributed by atoms with Crippen LogP contribution < -0.4 is 20.1 Å². The van der Waals surface area contributed by atoms with Gasteiger partial charge >= 0.3 is 16.6 Å². The molecule has 37 heavy (non-hydrogen) atoms. The van der Waals surface area contributed by atoms with E-state index >= 15 is 0 Å². The van der Waals surface area contributed by atoms with Gasteiger partial charge in [-0.05, 0) is 56.9 Å². The van der Waals surface area contributed by atoms with Crippen LogP contribution >= 0.6 is 0 Å². The Labute approximate surface area is 214 Å². The van der Waals surface area contributed by atoms with Gasteiger partial charge in [0.15, 0.2) is 0 Å². The number of pyridine rings is 1. The molecule has 202 valence electrons. The predicted octanol–water partition coefficient (Wildman–Crippen LogP) is 3.28. The molecule has 0 aliphatic carbocycles. The normalized spacial score (nSPS) is 22.3.